The molecular weight excluding hydrogens is 472 g/mol. The number of thiocarbonyl (C=S) groups is 1. The van der Waals surface area contributed by atoms with Gasteiger partial charge in [0.05, 0.1) is 33.5 Å². The molecule has 0 unspecified atom stereocenters. The SMILES string of the molecule is CCCCCCOc1ccc(-c2nn(-c3ccc(Cl)cc3)cc2/C=C2\SC(=S)CC2=O)cc1. The van der Waals surface area contributed by atoms with Gasteiger partial charge in [-0.2, -0.15) is 5.10 Å². The normalized spacial score (nSPS) is 14.9. The zero-order chi connectivity index (χ0) is 23.2. The van der Waals surface area contributed by atoms with E-state index in [9.17, 15) is 4.79 Å². The van der Waals surface area contributed by atoms with Gasteiger partial charge >= 0.3 is 0 Å². The lowest BCUT2D eigenvalue weighted by molar-refractivity contribution is -0.113. The summed E-state index contributed by atoms with van der Waals surface area (Å²) in [5.41, 5.74) is 3.49. The van der Waals surface area contributed by atoms with E-state index < -0.39 is 0 Å². The maximum Gasteiger partial charge on any atom is 0.175 e. The van der Waals surface area contributed by atoms with Crippen LogP contribution in [0.25, 0.3) is 23.0 Å². The highest BCUT2D eigenvalue weighted by Crippen LogP contribution is 2.34. The Morgan fingerprint density at radius 2 is 1.88 bits per heavy atom. The van der Waals surface area contributed by atoms with Crippen molar-refractivity contribution in [3.05, 3.63) is 70.2 Å². The zero-order valence-electron chi connectivity index (χ0n) is 18.4. The highest BCUT2D eigenvalue weighted by atomic mass is 35.5. The number of Topliss-reactive ketones (excluding diaryl/α,β-unsaturated/α-hetero) is 1. The molecule has 0 spiro atoms. The summed E-state index contributed by atoms with van der Waals surface area (Å²) in [6, 6.07) is 15.4. The van der Waals surface area contributed by atoms with Crippen LogP contribution in [0, 0.1) is 0 Å². The van der Waals surface area contributed by atoms with E-state index in [4.69, 9.17) is 33.7 Å². The lowest BCUT2D eigenvalue weighted by Gasteiger charge is -2.07. The molecule has 4 nitrogen and oxygen atoms in total. The van der Waals surface area contributed by atoms with Crippen LogP contribution in [0.1, 0.15) is 44.6 Å². The molecule has 1 aliphatic heterocycles. The van der Waals surface area contributed by atoms with Gasteiger partial charge in [-0.1, -0.05) is 61.8 Å². The van der Waals surface area contributed by atoms with E-state index in [-0.39, 0.29) is 5.78 Å². The van der Waals surface area contributed by atoms with E-state index in [1.165, 1.54) is 31.0 Å². The first-order valence-electron chi connectivity index (χ1n) is 11.1. The van der Waals surface area contributed by atoms with Gasteiger partial charge in [-0.05, 0) is 61.0 Å². The van der Waals surface area contributed by atoms with Crippen LogP contribution in [0.3, 0.4) is 0 Å². The van der Waals surface area contributed by atoms with E-state index in [1.807, 2.05) is 60.8 Å². The first kappa shape index (κ1) is 23.7. The van der Waals surface area contributed by atoms with Crippen molar-refractivity contribution in [3.8, 4) is 22.7 Å². The third-order valence-corrected chi connectivity index (χ3v) is 6.90. The minimum atomic E-state index is 0.0574. The number of rotatable bonds is 9. The number of ether oxygens (including phenoxy) is 1. The van der Waals surface area contributed by atoms with Crippen LogP contribution in [0.2, 0.25) is 5.02 Å². The van der Waals surface area contributed by atoms with Gasteiger partial charge in [-0.15, -0.1) is 0 Å². The summed E-state index contributed by atoms with van der Waals surface area (Å²) >= 11 is 12.6. The number of ketones is 1. The molecule has 1 aromatic heterocycles. The van der Waals surface area contributed by atoms with E-state index in [1.54, 1.807) is 4.68 Å². The van der Waals surface area contributed by atoms with Crippen LogP contribution in [0.4, 0.5) is 0 Å². The van der Waals surface area contributed by atoms with Crippen molar-refractivity contribution >= 4 is 51.6 Å². The Kier molecular flexibility index (Phi) is 8.02. The highest BCUT2D eigenvalue weighted by Gasteiger charge is 2.24. The van der Waals surface area contributed by atoms with Crippen LogP contribution in [-0.2, 0) is 4.79 Å². The topological polar surface area (TPSA) is 44.1 Å². The summed E-state index contributed by atoms with van der Waals surface area (Å²) in [4.78, 5) is 13.0. The third-order valence-electron chi connectivity index (χ3n) is 5.32. The summed E-state index contributed by atoms with van der Waals surface area (Å²) < 4.78 is 8.39. The maximum absolute atomic E-state index is 12.3. The molecule has 1 aliphatic rings. The molecule has 0 atom stereocenters. The second kappa shape index (κ2) is 11.1. The number of unbranched alkanes of at least 4 members (excludes halogenated alkanes) is 3. The van der Waals surface area contributed by atoms with Crippen molar-refractivity contribution < 1.29 is 9.53 Å². The summed E-state index contributed by atoms with van der Waals surface area (Å²) in [6.45, 7) is 2.93. The van der Waals surface area contributed by atoms with Crippen LogP contribution >= 0.6 is 35.6 Å². The van der Waals surface area contributed by atoms with Crippen molar-refractivity contribution in [2.45, 2.75) is 39.0 Å². The van der Waals surface area contributed by atoms with Gasteiger partial charge in [-0.25, -0.2) is 4.68 Å². The van der Waals surface area contributed by atoms with Crippen LogP contribution in [0.15, 0.2) is 59.6 Å². The van der Waals surface area contributed by atoms with E-state index in [2.05, 4.69) is 6.92 Å². The molecule has 4 rings (SSSR count). The number of hydrogen-bond donors (Lipinski definition) is 0. The van der Waals surface area contributed by atoms with Gasteiger partial charge < -0.3 is 4.74 Å². The predicted molar refractivity (Wildman–Crippen MR) is 141 cm³/mol. The number of allylic oxidation sites excluding steroid dienone is 1. The molecule has 0 aliphatic carbocycles. The number of hydrogen-bond acceptors (Lipinski definition) is 5. The lowest BCUT2D eigenvalue weighted by atomic mass is 10.1. The minimum Gasteiger partial charge on any atom is -0.494 e. The Hall–Kier alpha value is -2.41. The Morgan fingerprint density at radius 1 is 1.12 bits per heavy atom. The molecule has 0 bridgehead atoms. The number of benzene rings is 2. The van der Waals surface area contributed by atoms with E-state index in [0.717, 1.165) is 41.3 Å². The quantitative estimate of drug-likeness (QED) is 0.174. The van der Waals surface area contributed by atoms with Crippen molar-refractivity contribution in [3.63, 3.8) is 0 Å². The fourth-order valence-corrected chi connectivity index (χ4v) is 4.90. The number of aromatic nitrogens is 2. The molecule has 2 heterocycles. The van der Waals surface area contributed by atoms with Crippen LogP contribution in [0.5, 0.6) is 5.75 Å². The molecule has 33 heavy (non-hydrogen) atoms. The molecule has 1 saturated heterocycles. The Morgan fingerprint density at radius 3 is 2.55 bits per heavy atom. The maximum atomic E-state index is 12.3. The summed E-state index contributed by atoms with van der Waals surface area (Å²) in [5, 5.41) is 5.49. The van der Waals surface area contributed by atoms with Gasteiger partial charge in [0.15, 0.2) is 5.78 Å². The molecule has 3 aromatic rings. The van der Waals surface area contributed by atoms with Gasteiger partial charge in [-0.3, -0.25) is 4.79 Å². The van der Waals surface area contributed by atoms with Crippen molar-refractivity contribution in [2.24, 2.45) is 0 Å². The van der Waals surface area contributed by atoms with E-state index in [0.29, 0.717) is 20.5 Å². The third kappa shape index (κ3) is 6.14. The lowest BCUT2D eigenvalue weighted by Crippen LogP contribution is -1.97. The molecular formula is C26H25ClN2O2S2. The molecule has 2 aromatic carbocycles. The number of carbonyl (C=O) groups excluding carboxylic acids is 1. The zero-order valence-corrected chi connectivity index (χ0v) is 20.8. The van der Waals surface area contributed by atoms with Crippen LogP contribution in [-0.4, -0.2) is 26.4 Å². The molecule has 0 N–H and O–H groups in total. The van der Waals surface area contributed by atoms with E-state index >= 15 is 0 Å². The summed E-state index contributed by atoms with van der Waals surface area (Å²) in [6.07, 6.45) is 8.84. The van der Waals surface area contributed by atoms with Gasteiger partial charge in [0.2, 0.25) is 0 Å². The first-order valence-corrected chi connectivity index (χ1v) is 12.7. The second-order valence-corrected chi connectivity index (χ2v) is 10.2. The molecule has 0 amide bonds. The average molecular weight is 497 g/mol. The summed E-state index contributed by atoms with van der Waals surface area (Å²) in [7, 11) is 0. The fourth-order valence-electron chi connectivity index (χ4n) is 3.56. The minimum absolute atomic E-state index is 0.0574. The monoisotopic (exact) mass is 496 g/mol. The highest BCUT2D eigenvalue weighted by molar-refractivity contribution is 8.27. The number of carbonyl (C=O) groups is 1. The number of nitrogens with zero attached hydrogens (tertiary/aromatic N) is 2. The van der Waals surface area contributed by atoms with Gasteiger partial charge in [0.1, 0.15) is 5.75 Å². The first-order chi connectivity index (χ1) is 16.0. The largest absolute Gasteiger partial charge is 0.494 e. The number of halogens is 1. The standard InChI is InChI=1S/C26H25ClN2O2S2/c1-2-3-4-5-14-31-22-12-6-18(7-13-22)26-19(15-24-23(30)16-25(32)33-24)17-29(28-26)21-10-8-20(27)9-11-21/h6-13,15,17H,2-5,14,16H2,1H3/b24-15-. The van der Waals surface area contributed by atoms with Crippen molar-refractivity contribution in [2.75, 3.05) is 6.61 Å². The fraction of sp³-hybridized carbons (Fsp3) is 0.269. The molecule has 0 saturated carbocycles. The average Bonchev–Trinajstić information content (AvgIpc) is 3.37. The van der Waals surface area contributed by atoms with Crippen LogP contribution < -0.4 is 4.74 Å². The summed E-state index contributed by atoms with van der Waals surface area (Å²) in [5.74, 6) is 0.904. The van der Waals surface area contributed by atoms with Gasteiger partial charge in [0, 0.05) is 22.3 Å². The number of thioether (sulfide) groups is 1. The van der Waals surface area contributed by atoms with Gasteiger partial charge in [0.25, 0.3) is 0 Å². The smallest absolute Gasteiger partial charge is 0.175 e. The Labute approximate surface area is 209 Å². The Bertz CT molecular complexity index is 1170. The molecule has 170 valence electrons. The van der Waals surface area contributed by atoms with Crippen molar-refractivity contribution in [1.29, 1.82) is 0 Å². The Balaban J connectivity index is 1.62. The molecule has 7 heteroatoms. The molecule has 0 radical (unpaired) electrons. The molecule has 1 fully saturated rings. The predicted octanol–water partition coefficient (Wildman–Crippen LogP) is 7.53. The second-order valence-electron chi connectivity index (χ2n) is 7.87. The van der Waals surface area contributed by atoms with Crippen molar-refractivity contribution in [1.82, 2.24) is 9.78 Å².